The maximum atomic E-state index is 9.87. The molecule has 5 nitrogen and oxygen atoms in total. The van der Waals surface area contributed by atoms with Gasteiger partial charge in [0.15, 0.2) is 6.67 Å². The fourth-order valence-electron chi connectivity index (χ4n) is 1.52. The van der Waals surface area contributed by atoms with Crippen molar-refractivity contribution in [2.45, 2.75) is 13.6 Å². The molecule has 0 saturated carbocycles. The Labute approximate surface area is 127 Å². The summed E-state index contributed by atoms with van der Waals surface area (Å²) in [6.45, 7) is 3.67. The summed E-state index contributed by atoms with van der Waals surface area (Å²) in [6, 6.07) is 7.95. The number of rotatable bonds is 4. The molecule has 0 bridgehead atoms. The van der Waals surface area contributed by atoms with Gasteiger partial charge in [0, 0.05) is 0 Å². The predicted molar refractivity (Wildman–Crippen MR) is 77.0 cm³/mol. The molecule has 0 unspecified atom stereocenters. The molecule has 23 heavy (non-hydrogen) atoms. The van der Waals surface area contributed by atoms with Crippen LogP contribution < -0.4 is 5.32 Å². The molecule has 0 radical (unpaired) electrons. The maximum absolute atomic E-state index is 10.7. The van der Waals surface area contributed by atoms with E-state index in [0.717, 1.165) is 17.6 Å². The molecular weight excluding hydrogens is 347 g/mol. The van der Waals surface area contributed by atoms with Crippen LogP contribution in [-0.4, -0.2) is 39.5 Å². The van der Waals surface area contributed by atoms with Crippen molar-refractivity contribution in [1.82, 2.24) is 20.3 Å². The number of fused-ring (bicyclic) bond motifs is 1. The number of aromatic nitrogens is 3. The second-order valence-corrected chi connectivity index (χ2v) is 6.54. The first-order chi connectivity index (χ1) is 10.3. The van der Waals surface area contributed by atoms with Crippen LogP contribution in [-0.2, 0) is 6.67 Å². The molecule has 0 aliphatic rings. The van der Waals surface area contributed by atoms with E-state index in [4.69, 9.17) is 0 Å². The minimum absolute atomic E-state index is 0.688. The van der Waals surface area contributed by atoms with E-state index in [-0.39, 0.29) is 0 Å². The molecule has 0 aliphatic heterocycles. The van der Waals surface area contributed by atoms with E-state index >= 15 is 0 Å². The van der Waals surface area contributed by atoms with Gasteiger partial charge < -0.3 is 0 Å². The van der Waals surface area contributed by atoms with Gasteiger partial charge in [0.1, 0.15) is 5.52 Å². The van der Waals surface area contributed by atoms with Gasteiger partial charge in [0.25, 0.3) is 0 Å². The van der Waals surface area contributed by atoms with Crippen molar-refractivity contribution in [2.75, 3.05) is 13.6 Å². The molecule has 12 heteroatoms. The fourth-order valence-corrected chi connectivity index (χ4v) is 1.52. The summed E-state index contributed by atoms with van der Waals surface area (Å²) < 4.78 is 63.1. The molecule has 1 aromatic heterocycles. The fraction of sp³-hybridized carbons (Fsp3) is 0.364. The van der Waals surface area contributed by atoms with Gasteiger partial charge in [-0.05, 0) is 19.1 Å². The molecule has 2 aromatic rings. The number of nitrogens with zero attached hydrogens (tertiary/aromatic N) is 4. The molecule has 132 valence electrons. The van der Waals surface area contributed by atoms with Crippen LogP contribution in [0.2, 0.25) is 0 Å². The standard InChI is InChI=1S/C11H15N5.F6P/c1-3-12-8-15(2)9-16-11-7-5-4-6-10(11)13-14-16;1-7(2,3,4,5)6/h4-8H,3,9H2,1-2H3;/q;-1/p+1. The van der Waals surface area contributed by atoms with Crippen LogP contribution >= 0.6 is 7.81 Å². The zero-order valence-electron chi connectivity index (χ0n) is 12.3. The third kappa shape index (κ3) is 9.67. The summed E-state index contributed by atoms with van der Waals surface area (Å²) in [7, 11) is -8.66. The van der Waals surface area contributed by atoms with Crippen molar-refractivity contribution < 1.29 is 29.8 Å². The normalized spacial score (nSPS) is 15.4. The summed E-state index contributed by atoms with van der Waals surface area (Å²) >= 11 is 0. The molecule has 1 aromatic carbocycles. The summed E-state index contributed by atoms with van der Waals surface area (Å²) in [5, 5.41) is 11.4. The SMILES string of the molecule is CCN/C=[N+](\C)Cn1nnc2ccccc21.F[P-](F)(F)(F)(F)F. The Kier molecular flexibility index (Phi) is 4.95. The molecule has 1 N–H and O–H groups in total. The Hall–Kier alpha value is -1.90. The van der Waals surface area contributed by atoms with E-state index in [1.807, 2.05) is 46.9 Å². The number of benzene rings is 1. The average Bonchev–Trinajstić information content (AvgIpc) is 2.76. The van der Waals surface area contributed by atoms with Crippen molar-refractivity contribution in [3.05, 3.63) is 24.3 Å². The van der Waals surface area contributed by atoms with Gasteiger partial charge in [-0.3, -0.25) is 9.89 Å². The van der Waals surface area contributed by atoms with Crippen molar-refractivity contribution in [3.63, 3.8) is 0 Å². The Morgan fingerprint density at radius 1 is 1.17 bits per heavy atom. The van der Waals surface area contributed by atoms with E-state index in [2.05, 4.69) is 22.6 Å². The van der Waals surface area contributed by atoms with Gasteiger partial charge in [-0.1, -0.05) is 17.3 Å². The molecule has 0 atom stereocenters. The molecular formula is C11H16F6N5P. The topological polar surface area (TPSA) is 45.8 Å². The van der Waals surface area contributed by atoms with Crippen LogP contribution in [0.15, 0.2) is 24.3 Å². The van der Waals surface area contributed by atoms with Gasteiger partial charge in [-0.2, -0.15) is 0 Å². The predicted octanol–water partition coefficient (Wildman–Crippen LogP) is 4.05. The monoisotopic (exact) mass is 363 g/mol. The molecule has 0 fully saturated rings. The molecule has 0 spiro atoms. The minimum atomic E-state index is -10.7. The van der Waals surface area contributed by atoms with E-state index in [1.54, 1.807) is 0 Å². The van der Waals surface area contributed by atoms with Crippen LogP contribution in [0.3, 0.4) is 0 Å². The Morgan fingerprint density at radius 2 is 1.74 bits per heavy atom. The van der Waals surface area contributed by atoms with E-state index in [9.17, 15) is 25.2 Å². The van der Waals surface area contributed by atoms with Crippen LogP contribution in [0.4, 0.5) is 25.2 Å². The van der Waals surface area contributed by atoms with Gasteiger partial charge >= 0.3 is 33.0 Å². The molecule has 1 heterocycles. The molecule has 2 rings (SSSR count). The Morgan fingerprint density at radius 3 is 2.30 bits per heavy atom. The van der Waals surface area contributed by atoms with Gasteiger partial charge in [0.05, 0.1) is 19.1 Å². The van der Waals surface area contributed by atoms with Crippen LogP contribution in [0.5, 0.6) is 0 Å². The van der Waals surface area contributed by atoms with Crippen LogP contribution in [0, 0.1) is 0 Å². The summed E-state index contributed by atoms with van der Waals surface area (Å²) in [6.07, 6.45) is 1.94. The van der Waals surface area contributed by atoms with E-state index < -0.39 is 7.81 Å². The van der Waals surface area contributed by atoms with E-state index in [1.165, 1.54) is 0 Å². The van der Waals surface area contributed by atoms with Crippen LogP contribution in [0.1, 0.15) is 6.92 Å². The van der Waals surface area contributed by atoms with Crippen molar-refractivity contribution in [1.29, 1.82) is 0 Å². The average molecular weight is 363 g/mol. The van der Waals surface area contributed by atoms with Crippen molar-refractivity contribution in [3.8, 4) is 0 Å². The van der Waals surface area contributed by atoms with Crippen molar-refractivity contribution in [2.24, 2.45) is 0 Å². The Balaban J connectivity index is 0.000000322. The second kappa shape index (κ2) is 5.95. The number of halogens is 6. The zero-order chi connectivity index (χ0) is 17.8. The van der Waals surface area contributed by atoms with Crippen molar-refractivity contribution >= 4 is 25.2 Å². The first-order valence-corrected chi connectivity index (χ1v) is 8.40. The number of hydrogen-bond donors (Lipinski definition) is 1. The van der Waals surface area contributed by atoms with Crippen LogP contribution in [0.25, 0.3) is 11.0 Å². The molecule has 0 amide bonds. The van der Waals surface area contributed by atoms with E-state index in [0.29, 0.717) is 6.67 Å². The molecule has 0 aliphatic carbocycles. The zero-order valence-corrected chi connectivity index (χ0v) is 13.2. The summed E-state index contributed by atoms with van der Waals surface area (Å²) in [4.78, 5) is 0. The van der Waals surface area contributed by atoms with Gasteiger partial charge in [-0.15, -0.1) is 5.10 Å². The third-order valence-corrected chi connectivity index (χ3v) is 2.29. The van der Waals surface area contributed by atoms with Gasteiger partial charge in [-0.25, -0.2) is 4.68 Å². The second-order valence-electron chi connectivity index (χ2n) is 4.62. The summed E-state index contributed by atoms with van der Waals surface area (Å²) in [5.41, 5.74) is 1.98. The number of nitrogens with one attached hydrogen (secondary N) is 1. The number of para-hydroxylation sites is 1. The first kappa shape index (κ1) is 19.1. The summed E-state index contributed by atoms with van der Waals surface area (Å²) in [5.74, 6) is 0. The third-order valence-electron chi connectivity index (χ3n) is 2.29. The first-order valence-electron chi connectivity index (χ1n) is 6.38. The van der Waals surface area contributed by atoms with Gasteiger partial charge in [0.2, 0.25) is 6.34 Å². The number of hydrogen-bond acceptors (Lipinski definition) is 2. The molecule has 0 saturated heterocycles. The Bertz CT molecular complexity index is 682. The quantitative estimate of drug-likeness (QED) is 0.293.